The molecular weight excluding hydrogens is 263 g/mol. The molecule has 3 N–H and O–H groups in total. The van der Waals surface area contributed by atoms with E-state index in [0.717, 1.165) is 11.3 Å². The van der Waals surface area contributed by atoms with Crippen molar-refractivity contribution in [3.63, 3.8) is 0 Å². The van der Waals surface area contributed by atoms with Gasteiger partial charge in [0.15, 0.2) is 0 Å². The molecule has 0 amide bonds. The summed E-state index contributed by atoms with van der Waals surface area (Å²) in [6, 6.07) is 10.6. The molecule has 0 aliphatic heterocycles. The Kier molecular flexibility index (Phi) is 3.96. The van der Waals surface area contributed by atoms with E-state index in [4.69, 9.17) is 17.3 Å². The predicted molar refractivity (Wildman–Crippen MR) is 79.6 cm³/mol. The highest BCUT2D eigenvalue weighted by Gasteiger charge is 2.10. The Morgan fingerprint density at radius 3 is 2.53 bits per heavy atom. The van der Waals surface area contributed by atoms with Gasteiger partial charge in [-0.1, -0.05) is 43.6 Å². The van der Waals surface area contributed by atoms with Crippen LogP contribution in [0.15, 0.2) is 36.4 Å². The lowest BCUT2D eigenvalue weighted by Gasteiger charge is -2.16. The number of hydrogen-bond acceptors (Lipinski definition) is 2. The summed E-state index contributed by atoms with van der Waals surface area (Å²) in [5, 5.41) is 3.19. The first-order chi connectivity index (χ1) is 8.99. The molecule has 2 aromatic rings. The molecule has 0 aliphatic rings. The Bertz CT molecular complexity index is 597. The van der Waals surface area contributed by atoms with E-state index in [-0.39, 0.29) is 5.02 Å². The fourth-order valence-electron chi connectivity index (χ4n) is 1.93. The van der Waals surface area contributed by atoms with Gasteiger partial charge in [0.1, 0.15) is 5.82 Å². The van der Waals surface area contributed by atoms with Crippen LogP contribution in [0.4, 0.5) is 21.5 Å². The molecule has 0 heterocycles. The molecule has 0 spiro atoms. The van der Waals surface area contributed by atoms with Gasteiger partial charge in [-0.05, 0) is 23.6 Å². The Balaban J connectivity index is 2.39. The minimum Gasteiger partial charge on any atom is -0.397 e. The highest BCUT2D eigenvalue weighted by Crippen LogP contribution is 2.32. The molecule has 4 heteroatoms. The predicted octanol–water partition coefficient (Wildman–Crippen LogP) is 4.93. The van der Waals surface area contributed by atoms with Crippen LogP contribution in [0.25, 0.3) is 0 Å². The molecular formula is C15H16ClFN2. The Labute approximate surface area is 117 Å². The van der Waals surface area contributed by atoms with Crippen molar-refractivity contribution < 1.29 is 4.39 Å². The van der Waals surface area contributed by atoms with Gasteiger partial charge < -0.3 is 11.1 Å². The van der Waals surface area contributed by atoms with E-state index in [2.05, 4.69) is 19.2 Å². The van der Waals surface area contributed by atoms with Crippen LogP contribution in [-0.2, 0) is 0 Å². The summed E-state index contributed by atoms with van der Waals surface area (Å²) in [4.78, 5) is 0. The van der Waals surface area contributed by atoms with Crippen LogP contribution in [0.1, 0.15) is 25.3 Å². The molecule has 0 aliphatic carbocycles. The molecule has 2 aromatic carbocycles. The van der Waals surface area contributed by atoms with Crippen LogP contribution in [0.2, 0.25) is 5.02 Å². The van der Waals surface area contributed by atoms with Gasteiger partial charge in [0.25, 0.3) is 0 Å². The molecule has 0 saturated carbocycles. The van der Waals surface area contributed by atoms with Crippen LogP contribution in [-0.4, -0.2) is 0 Å². The fourth-order valence-corrected chi connectivity index (χ4v) is 2.10. The molecule has 0 atom stereocenters. The number of para-hydroxylation sites is 1. The molecule has 2 nitrogen and oxygen atoms in total. The summed E-state index contributed by atoms with van der Waals surface area (Å²) in [5.41, 5.74) is 8.87. The number of rotatable bonds is 3. The maximum atomic E-state index is 13.5. The third kappa shape index (κ3) is 2.99. The standard InChI is InChI=1S/C15H16ClFN2/c1-9(2)10-5-3-4-6-14(10)19-15-8-12(17)11(16)7-13(15)18/h3-9,19H,18H2,1-2H3. The second-order valence-electron chi connectivity index (χ2n) is 4.72. The molecule has 0 unspecified atom stereocenters. The van der Waals surface area contributed by atoms with Crippen molar-refractivity contribution in [3.8, 4) is 0 Å². The van der Waals surface area contributed by atoms with E-state index >= 15 is 0 Å². The van der Waals surface area contributed by atoms with E-state index in [1.807, 2.05) is 24.3 Å². The van der Waals surface area contributed by atoms with Gasteiger partial charge in [0.05, 0.1) is 16.4 Å². The molecule has 0 aromatic heterocycles. The van der Waals surface area contributed by atoms with Crippen molar-refractivity contribution in [1.29, 1.82) is 0 Å². The first kappa shape index (κ1) is 13.7. The zero-order valence-electron chi connectivity index (χ0n) is 10.9. The quantitative estimate of drug-likeness (QED) is 0.782. The number of benzene rings is 2. The Morgan fingerprint density at radius 2 is 1.84 bits per heavy atom. The average Bonchev–Trinajstić information content (AvgIpc) is 2.36. The van der Waals surface area contributed by atoms with Gasteiger partial charge in [-0.3, -0.25) is 0 Å². The van der Waals surface area contributed by atoms with Crippen LogP contribution < -0.4 is 11.1 Å². The van der Waals surface area contributed by atoms with Crippen molar-refractivity contribution in [1.82, 2.24) is 0 Å². The van der Waals surface area contributed by atoms with Gasteiger partial charge in [0.2, 0.25) is 0 Å². The van der Waals surface area contributed by atoms with Gasteiger partial charge >= 0.3 is 0 Å². The highest BCUT2D eigenvalue weighted by atomic mass is 35.5. The van der Waals surface area contributed by atoms with Crippen molar-refractivity contribution in [2.45, 2.75) is 19.8 Å². The fraction of sp³-hybridized carbons (Fsp3) is 0.200. The molecule has 19 heavy (non-hydrogen) atoms. The lowest BCUT2D eigenvalue weighted by molar-refractivity contribution is 0.629. The van der Waals surface area contributed by atoms with Crippen LogP contribution in [0.5, 0.6) is 0 Å². The number of halogens is 2. The maximum Gasteiger partial charge on any atom is 0.144 e. The summed E-state index contributed by atoms with van der Waals surface area (Å²) in [6.45, 7) is 4.21. The zero-order chi connectivity index (χ0) is 14.0. The summed E-state index contributed by atoms with van der Waals surface area (Å²) < 4.78 is 13.5. The number of nitrogen functional groups attached to an aromatic ring is 1. The molecule has 0 radical (unpaired) electrons. The topological polar surface area (TPSA) is 38.0 Å². The lowest BCUT2D eigenvalue weighted by Crippen LogP contribution is -2.01. The largest absolute Gasteiger partial charge is 0.397 e. The normalized spacial score (nSPS) is 10.8. The Hall–Kier alpha value is -1.74. The third-order valence-electron chi connectivity index (χ3n) is 2.94. The highest BCUT2D eigenvalue weighted by molar-refractivity contribution is 6.31. The third-order valence-corrected chi connectivity index (χ3v) is 3.23. The van der Waals surface area contributed by atoms with Gasteiger partial charge in [-0.2, -0.15) is 0 Å². The summed E-state index contributed by atoms with van der Waals surface area (Å²) in [5.74, 6) is -0.123. The average molecular weight is 279 g/mol. The van der Waals surface area contributed by atoms with Crippen LogP contribution >= 0.6 is 11.6 Å². The van der Waals surface area contributed by atoms with E-state index in [1.54, 1.807) is 0 Å². The second kappa shape index (κ2) is 5.49. The molecule has 0 saturated heterocycles. The van der Waals surface area contributed by atoms with E-state index in [1.165, 1.54) is 12.1 Å². The second-order valence-corrected chi connectivity index (χ2v) is 5.13. The van der Waals surface area contributed by atoms with Crippen LogP contribution in [0, 0.1) is 5.82 Å². The zero-order valence-corrected chi connectivity index (χ0v) is 11.6. The summed E-state index contributed by atoms with van der Waals surface area (Å²) in [6.07, 6.45) is 0. The monoisotopic (exact) mass is 278 g/mol. The smallest absolute Gasteiger partial charge is 0.144 e. The minimum atomic E-state index is -0.486. The molecule has 0 bridgehead atoms. The SMILES string of the molecule is CC(C)c1ccccc1Nc1cc(F)c(Cl)cc1N. The van der Waals surface area contributed by atoms with Gasteiger partial charge in [0, 0.05) is 11.8 Å². The number of anilines is 3. The van der Waals surface area contributed by atoms with Gasteiger partial charge in [-0.15, -0.1) is 0 Å². The lowest BCUT2D eigenvalue weighted by atomic mass is 10.0. The van der Waals surface area contributed by atoms with Crippen molar-refractivity contribution >= 4 is 28.7 Å². The number of hydrogen-bond donors (Lipinski definition) is 2. The minimum absolute atomic E-state index is 0.0280. The first-order valence-corrected chi connectivity index (χ1v) is 6.47. The summed E-state index contributed by atoms with van der Waals surface area (Å²) >= 11 is 5.69. The van der Waals surface area contributed by atoms with Crippen molar-refractivity contribution in [2.75, 3.05) is 11.1 Å². The van der Waals surface area contributed by atoms with E-state index < -0.39 is 5.82 Å². The van der Waals surface area contributed by atoms with E-state index in [9.17, 15) is 4.39 Å². The van der Waals surface area contributed by atoms with Gasteiger partial charge in [-0.25, -0.2) is 4.39 Å². The number of nitrogens with two attached hydrogens (primary N) is 1. The number of nitrogens with one attached hydrogen (secondary N) is 1. The van der Waals surface area contributed by atoms with Crippen LogP contribution in [0.3, 0.4) is 0 Å². The van der Waals surface area contributed by atoms with E-state index in [0.29, 0.717) is 17.3 Å². The molecule has 2 rings (SSSR count). The maximum absolute atomic E-state index is 13.5. The summed E-state index contributed by atoms with van der Waals surface area (Å²) in [7, 11) is 0. The van der Waals surface area contributed by atoms with Crippen molar-refractivity contribution in [3.05, 3.63) is 52.8 Å². The molecule has 100 valence electrons. The molecule has 0 fully saturated rings. The Morgan fingerprint density at radius 1 is 1.16 bits per heavy atom. The van der Waals surface area contributed by atoms with Crippen molar-refractivity contribution in [2.24, 2.45) is 0 Å². The first-order valence-electron chi connectivity index (χ1n) is 6.09.